The summed E-state index contributed by atoms with van der Waals surface area (Å²) in [7, 11) is 0. The van der Waals surface area contributed by atoms with Gasteiger partial charge in [0, 0.05) is 0 Å². The Labute approximate surface area is 64.0 Å². The standard InChI is InChI=1S/C10H16/c1-6-7-9(4)10(5)8(2)3/h6-7H,2H2,1,3-5H3. The van der Waals surface area contributed by atoms with E-state index in [0.29, 0.717) is 0 Å². The molecule has 0 spiro atoms. The molecule has 0 saturated carbocycles. The number of allylic oxidation sites excluding steroid dienone is 5. The van der Waals surface area contributed by atoms with E-state index >= 15 is 0 Å². The van der Waals surface area contributed by atoms with E-state index in [2.05, 4.69) is 26.5 Å². The van der Waals surface area contributed by atoms with Crippen molar-refractivity contribution in [1.82, 2.24) is 0 Å². The fraction of sp³-hybridized carbons (Fsp3) is 0.400. The van der Waals surface area contributed by atoms with E-state index in [4.69, 9.17) is 0 Å². The molecule has 0 saturated heterocycles. The predicted octanol–water partition coefficient (Wildman–Crippen LogP) is 3.48. The molecule has 0 aliphatic rings. The fourth-order valence-corrected chi connectivity index (χ4v) is 0.712. The van der Waals surface area contributed by atoms with Crippen LogP contribution in [0.25, 0.3) is 0 Å². The van der Waals surface area contributed by atoms with E-state index in [-0.39, 0.29) is 0 Å². The molecule has 0 amide bonds. The number of hydrogen-bond acceptors (Lipinski definition) is 0. The van der Waals surface area contributed by atoms with Crippen LogP contribution in [0.1, 0.15) is 27.7 Å². The normalized spacial score (nSPS) is 13.6. The van der Waals surface area contributed by atoms with Gasteiger partial charge in [-0.1, -0.05) is 24.3 Å². The van der Waals surface area contributed by atoms with Gasteiger partial charge in [-0.05, 0) is 38.8 Å². The third-order valence-corrected chi connectivity index (χ3v) is 1.65. The molecule has 0 atom stereocenters. The van der Waals surface area contributed by atoms with Gasteiger partial charge in [0.25, 0.3) is 0 Å². The Morgan fingerprint density at radius 2 is 1.70 bits per heavy atom. The minimum Gasteiger partial charge on any atom is -0.0958 e. The lowest BCUT2D eigenvalue weighted by Crippen LogP contribution is -1.80. The average molecular weight is 136 g/mol. The molecule has 0 aromatic carbocycles. The van der Waals surface area contributed by atoms with Crippen molar-refractivity contribution in [3.05, 3.63) is 35.5 Å². The maximum atomic E-state index is 3.87. The van der Waals surface area contributed by atoms with Crippen molar-refractivity contribution in [2.24, 2.45) is 0 Å². The van der Waals surface area contributed by atoms with Gasteiger partial charge in [0.15, 0.2) is 0 Å². The van der Waals surface area contributed by atoms with Crippen LogP contribution in [0.5, 0.6) is 0 Å². The average Bonchev–Trinajstić information content (AvgIpc) is 1.87. The van der Waals surface area contributed by atoms with Gasteiger partial charge in [-0.3, -0.25) is 0 Å². The van der Waals surface area contributed by atoms with Crippen molar-refractivity contribution < 1.29 is 0 Å². The van der Waals surface area contributed by atoms with Gasteiger partial charge in [0.2, 0.25) is 0 Å². The zero-order valence-corrected chi connectivity index (χ0v) is 7.36. The SMILES string of the molecule is C=C(C)C(C)=C(C)C=CC. The molecule has 0 unspecified atom stereocenters. The highest BCUT2D eigenvalue weighted by atomic mass is 14.0. The summed E-state index contributed by atoms with van der Waals surface area (Å²) in [6, 6.07) is 0. The van der Waals surface area contributed by atoms with Crippen molar-refractivity contribution in [2.75, 3.05) is 0 Å². The lowest BCUT2D eigenvalue weighted by molar-refractivity contribution is 1.28. The Hall–Kier alpha value is -0.780. The summed E-state index contributed by atoms with van der Waals surface area (Å²) in [4.78, 5) is 0. The lowest BCUT2D eigenvalue weighted by Gasteiger charge is -2.01. The fourth-order valence-electron chi connectivity index (χ4n) is 0.712. The van der Waals surface area contributed by atoms with Gasteiger partial charge < -0.3 is 0 Å². The maximum Gasteiger partial charge on any atom is -0.0393 e. The molecular formula is C10H16. The lowest BCUT2D eigenvalue weighted by atomic mass is 10.1. The molecule has 0 bridgehead atoms. The first-order valence-electron chi connectivity index (χ1n) is 3.55. The van der Waals surface area contributed by atoms with Crippen LogP contribution in [0.15, 0.2) is 35.5 Å². The van der Waals surface area contributed by atoms with Crippen LogP contribution < -0.4 is 0 Å². The molecule has 0 aliphatic heterocycles. The third kappa shape index (κ3) is 2.67. The highest BCUT2D eigenvalue weighted by Gasteiger charge is 1.91. The highest BCUT2D eigenvalue weighted by Crippen LogP contribution is 2.11. The Balaban J connectivity index is 4.50. The molecule has 0 N–H and O–H groups in total. The summed E-state index contributed by atoms with van der Waals surface area (Å²) in [5.41, 5.74) is 3.74. The second-order valence-electron chi connectivity index (χ2n) is 2.59. The molecule has 0 rings (SSSR count). The second-order valence-corrected chi connectivity index (χ2v) is 2.59. The molecule has 10 heavy (non-hydrogen) atoms. The maximum absolute atomic E-state index is 3.87. The van der Waals surface area contributed by atoms with Crippen LogP contribution in [0.4, 0.5) is 0 Å². The van der Waals surface area contributed by atoms with Crippen molar-refractivity contribution in [2.45, 2.75) is 27.7 Å². The van der Waals surface area contributed by atoms with Gasteiger partial charge in [-0.25, -0.2) is 0 Å². The van der Waals surface area contributed by atoms with Crippen LogP contribution in [0.2, 0.25) is 0 Å². The molecule has 0 nitrogen and oxygen atoms in total. The minimum atomic E-state index is 1.15. The van der Waals surface area contributed by atoms with Crippen molar-refractivity contribution in [1.29, 1.82) is 0 Å². The summed E-state index contributed by atoms with van der Waals surface area (Å²) in [5, 5.41) is 0. The van der Waals surface area contributed by atoms with Crippen molar-refractivity contribution in [3.63, 3.8) is 0 Å². The Morgan fingerprint density at radius 1 is 1.20 bits per heavy atom. The molecule has 0 radical (unpaired) electrons. The summed E-state index contributed by atoms with van der Waals surface area (Å²) in [5.74, 6) is 0. The van der Waals surface area contributed by atoms with Gasteiger partial charge in [-0.2, -0.15) is 0 Å². The summed E-state index contributed by atoms with van der Waals surface area (Å²) in [6.07, 6.45) is 4.14. The smallest absolute Gasteiger partial charge is 0.0393 e. The van der Waals surface area contributed by atoms with Crippen LogP contribution >= 0.6 is 0 Å². The second kappa shape index (κ2) is 4.10. The molecule has 0 aliphatic carbocycles. The van der Waals surface area contributed by atoms with Crippen LogP contribution in [-0.2, 0) is 0 Å². The topological polar surface area (TPSA) is 0 Å². The van der Waals surface area contributed by atoms with E-state index in [1.54, 1.807) is 0 Å². The van der Waals surface area contributed by atoms with Crippen LogP contribution in [0.3, 0.4) is 0 Å². The van der Waals surface area contributed by atoms with Crippen molar-refractivity contribution in [3.8, 4) is 0 Å². The largest absolute Gasteiger partial charge is 0.0958 e. The van der Waals surface area contributed by atoms with Gasteiger partial charge in [0.05, 0.1) is 0 Å². The minimum absolute atomic E-state index is 1.15. The van der Waals surface area contributed by atoms with Gasteiger partial charge in [0.1, 0.15) is 0 Å². The zero-order chi connectivity index (χ0) is 8.15. The van der Waals surface area contributed by atoms with Crippen LogP contribution in [-0.4, -0.2) is 0 Å². The quantitative estimate of drug-likeness (QED) is 0.510. The highest BCUT2D eigenvalue weighted by molar-refractivity contribution is 5.34. The molecular weight excluding hydrogens is 120 g/mol. The Bertz CT molecular complexity index is 180. The molecule has 56 valence electrons. The summed E-state index contributed by atoms with van der Waals surface area (Å²) < 4.78 is 0. The summed E-state index contributed by atoms with van der Waals surface area (Å²) in [6.45, 7) is 12.1. The first-order chi connectivity index (χ1) is 4.59. The van der Waals surface area contributed by atoms with Crippen molar-refractivity contribution >= 4 is 0 Å². The van der Waals surface area contributed by atoms with E-state index in [9.17, 15) is 0 Å². The molecule has 0 heterocycles. The van der Waals surface area contributed by atoms with E-state index in [1.165, 1.54) is 11.1 Å². The van der Waals surface area contributed by atoms with Gasteiger partial charge >= 0.3 is 0 Å². The summed E-state index contributed by atoms with van der Waals surface area (Å²) >= 11 is 0. The first kappa shape index (κ1) is 9.22. The van der Waals surface area contributed by atoms with Gasteiger partial charge in [-0.15, -0.1) is 0 Å². The Kier molecular flexibility index (Phi) is 3.78. The first-order valence-corrected chi connectivity index (χ1v) is 3.55. The van der Waals surface area contributed by atoms with E-state index in [1.807, 2.05) is 19.9 Å². The van der Waals surface area contributed by atoms with E-state index in [0.717, 1.165) is 5.57 Å². The third-order valence-electron chi connectivity index (χ3n) is 1.65. The Morgan fingerprint density at radius 3 is 2.00 bits per heavy atom. The zero-order valence-electron chi connectivity index (χ0n) is 7.36. The molecule has 0 heteroatoms. The molecule has 0 aromatic rings. The number of rotatable bonds is 2. The molecule has 0 aromatic heterocycles. The monoisotopic (exact) mass is 136 g/mol. The van der Waals surface area contributed by atoms with E-state index < -0.39 is 0 Å². The predicted molar refractivity (Wildman–Crippen MR) is 48.0 cm³/mol. The van der Waals surface area contributed by atoms with Crippen LogP contribution in [0, 0.1) is 0 Å². The number of hydrogen-bond donors (Lipinski definition) is 0. The molecule has 0 fully saturated rings.